The Labute approximate surface area is 211 Å². The molecule has 1 atom stereocenters. The standard InChI is InChI=1S/C28H32N2O4S/c1-5-33-28(31)20(3)14-19(2)15-23-18-35-27(30-23)26(29)16-21-6-12-25(13-7-21)34-17-22-8-10-24(32-4)11-9-22/h6-15,18,26H,5,16-17,29H2,1-4H3/b19-15+,20-14-. The van der Waals surface area contributed by atoms with E-state index < -0.39 is 0 Å². The van der Waals surface area contributed by atoms with Crippen molar-refractivity contribution < 1.29 is 19.0 Å². The van der Waals surface area contributed by atoms with Crippen LogP contribution in [-0.4, -0.2) is 24.7 Å². The van der Waals surface area contributed by atoms with Crippen molar-refractivity contribution in [1.29, 1.82) is 0 Å². The highest BCUT2D eigenvalue weighted by molar-refractivity contribution is 7.09. The largest absolute Gasteiger partial charge is 0.497 e. The van der Waals surface area contributed by atoms with Crippen LogP contribution in [0.5, 0.6) is 11.5 Å². The number of esters is 1. The normalized spacial score (nSPS) is 12.8. The molecule has 0 saturated carbocycles. The Morgan fingerprint density at radius 3 is 2.37 bits per heavy atom. The number of ether oxygens (including phenoxy) is 3. The topological polar surface area (TPSA) is 83.7 Å². The minimum absolute atomic E-state index is 0.203. The fraction of sp³-hybridized carbons (Fsp3) is 0.286. The number of methoxy groups -OCH3 is 1. The van der Waals surface area contributed by atoms with Gasteiger partial charge in [0.2, 0.25) is 0 Å². The number of carbonyl (C=O) groups excluding carboxylic acids is 1. The lowest BCUT2D eigenvalue weighted by atomic mass is 10.1. The van der Waals surface area contributed by atoms with Crippen LogP contribution in [0.25, 0.3) is 6.08 Å². The van der Waals surface area contributed by atoms with Gasteiger partial charge in [-0.05, 0) is 80.3 Å². The molecule has 0 amide bonds. The minimum atomic E-state index is -0.307. The lowest BCUT2D eigenvalue weighted by Gasteiger charge is -2.10. The molecule has 0 bridgehead atoms. The molecule has 0 fully saturated rings. The van der Waals surface area contributed by atoms with Crippen molar-refractivity contribution in [2.75, 3.05) is 13.7 Å². The van der Waals surface area contributed by atoms with Gasteiger partial charge in [0.15, 0.2) is 0 Å². The Hall–Kier alpha value is -3.42. The number of hydrogen-bond acceptors (Lipinski definition) is 7. The first-order chi connectivity index (χ1) is 16.9. The second-order valence-electron chi connectivity index (χ2n) is 8.14. The van der Waals surface area contributed by atoms with Gasteiger partial charge in [-0.3, -0.25) is 0 Å². The molecule has 0 radical (unpaired) electrons. The molecule has 3 rings (SSSR count). The minimum Gasteiger partial charge on any atom is -0.497 e. The summed E-state index contributed by atoms with van der Waals surface area (Å²) in [6, 6.07) is 15.6. The van der Waals surface area contributed by atoms with Crippen molar-refractivity contribution in [3.05, 3.63) is 93.0 Å². The Morgan fingerprint density at radius 1 is 1.06 bits per heavy atom. The molecular formula is C28H32N2O4S. The van der Waals surface area contributed by atoms with Crippen molar-refractivity contribution in [2.24, 2.45) is 5.73 Å². The molecule has 7 heteroatoms. The third kappa shape index (κ3) is 8.09. The molecule has 0 saturated heterocycles. The number of allylic oxidation sites excluding steroid dienone is 2. The quantitative estimate of drug-likeness (QED) is 0.204. The van der Waals surface area contributed by atoms with Gasteiger partial charge in [0.1, 0.15) is 23.1 Å². The molecule has 6 nitrogen and oxygen atoms in total. The fourth-order valence-corrected chi connectivity index (χ4v) is 4.19. The van der Waals surface area contributed by atoms with Crippen LogP contribution in [0.3, 0.4) is 0 Å². The monoisotopic (exact) mass is 492 g/mol. The summed E-state index contributed by atoms with van der Waals surface area (Å²) in [5.41, 5.74) is 10.9. The van der Waals surface area contributed by atoms with Gasteiger partial charge >= 0.3 is 5.97 Å². The van der Waals surface area contributed by atoms with E-state index in [2.05, 4.69) is 4.98 Å². The van der Waals surface area contributed by atoms with E-state index in [0.29, 0.717) is 25.2 Å². The smallest absolute Gasteiger partial charge is 0.333 e. The zero-order chi connectivity index (χ0) is 25.2. The maximum Gasteiger partial charge on any atom is 0.333 e. The summed E-state index contributed by atoms with van der Waals surface area (Å²) in [4.78, 5) is 16.4. The van der Waals surface area contributed by atoms with Crippen LogP contribution in [0.2, 0.25) is 0 Å². The summed E-state index contributed by atoms with van der Waals surface area (Å²) >= 11 is 1.54. The van der Waals surface area contributed by atoms with Crippen LogP contribution in [0.4, 0.5) is 0 Å². The van der Waals surface area contributed by atoms with Crippen LogP contribution < -0.4 is 15.2 Å². The van der Waals surface area contributed by atoms with Gasteiger partial charge in [0, 0.05) is 11.0 Å². The number of rotatable bonds is 11. The summed E-state index contributed by atoms with van der Waals surface area (Å²) in [5, 5.41) is 2.84. The van der Waals surface area contributed by atoms with Crippen molar-refractivity contribution in [2.45, 2.75) is 39.8 Å². The predicted octanol–water partition coefficient (Wildman–Crippen LogP) is 5.89. The first-order valence-corrected chi connectivity index (χ1v) is 12.3. The zero-order valence-corrected chi connectivity index (χ0v) is 21.4. The van der Waals surface area contributed by atoms with Crippen LogP contribution in [-0.2, 0) is 22.6 Å². The van der Waals surface area contributed by atoms with Crippen molar-refractivity contribution in [3.63, 3.8) is 0 Å². The van der Waals surface area contributed by atoms with Crippen molar-refractivity contribution >= 4 is 23.4 Å². The first kappa shape index (κ1) is 26.2. The molecular weight excluding hydrogens is 460 g/mol. The number of aromatic nitrogens is 1. The van der Waals surface area contributed by atoms with Gasteiger partial charge < -0.3 is 19.9 Å². The lowest BCUT2D eigenvalue weighted by molar-refractivity contribution is -0.138. The van der Waals surface area contributed by atoms with E-state index in [1.54, 1.807) is 27.0 Å². The van der Waals surface area contributed by atoms with Crippen molar-refractivity contribution in [3.8, 4) is 11.5 Å². The highest BCUT2D eigenvalue weighted by Crippen LogP contribution is 2.23. The zero-order valence-electron chi connectivity index (χ0n) is 20.6. The average Bonchev–Trinajstić information content (AvgIpc) is 3.32. The Morgan fingerprint density at radius 2 is 1.71 bits per heavy atom. The summed E-state index contributed by atoms with van der Waals surface area (Å²) in [6.07, 6.45) is 4.41. The molecule has 35 heavy (non-hydrogen) atoms. The number of thiazole rings is 1. The third-order valence-corrected chi connectivity index (χ3v) is 6.21. The number of nitrogens with two attached hydrogens (primary N) is 1. The highest BCUT2D eigenvalue weighted by atomic mass is 32.1. The predicted molar refractivity (Wildman–Crippen MR) is 141 cm³/mol. The Kier molecular flexibility index (Phi) is 9.64. The molecule has 1 heterocycles. The van der Waals surface area contributed by atoms with E-state index >= 15 is 0 Å². The first-order valence-electron chi connectivity index (χ1n) is 11.5. The van der Waals surface area contributed by atoms with Gasteiger partial charge in [-0.1, -0.05) is 24.3 Å². The van der Waals surface area contributed by atoms with E-state index in [1.807, 2.05) is 66.9 Å². The third-order valence-electron chi connectivity index (χ3n) is 5.22. The molecule has 2 aromatic carbocycles. The van der Waals surface area contributed by atoms with Gasteiger partial charge in [-0.2, -0.15) is 0 Å². The molecule has 0 aliphatic carbocycles. The van der Waals surface area contributed by atoms with E-state index in [0.717, 1.165) is 38.9 Å². The summed E-state index contributed by atoms with van der Waals surface area (Å²) < 4.78 is 16.1. The van der Waals surface area contributed by atoms with E-state index in [-0.39, 0.29) is 12.0 Å². The fourth-order valence-electron chi connectivity index (χ4n) is 3.41. The molecule has 0 aliphatic heterocycles. The number of hydrogen-bond donors (Lipinski definition) is 1. The maximum atomic E-state index is 11.8. The molecule has 2 N–H and O–H groups in total. The summed E-state index contributed by atoms with van der Waals surface area (Å²) in [5.74, 6) is 1.33. The van der Waals surface area contributed by atoms with Gasteiger partial charge in [0.25, 0.3) is 0 Å². The molecule has 0 spiro atoms. The number of carbonyl (C=O) groups is 1. The number of nitrogens with zero attached hydrogens (tertiary/aromatic N) is 1. The summed E-state index contributed by atoms with van der Waals surface area (Å²) in [7, 11) is 1.65. The SMILES string of the molecule is CCOC(=O)/C(C)=C\C(C)=C\c1csc(C(N)Cc2ccc(OCc3ccc(OC)cc3)cc2)n1. The van der Waals surface area contributed by atoms with E-state index in [1.165, 1.54) is 11.3 Å². The van der Waals surface area contributed by atoms with Crippen LogP contribution >= 0.6 is 11.3 Å². The Balaban J connectivity index is 1.54. The average molecular weight is 493 g/mol. The van der Waals surface area contributed by atoms with E-state index in [4.69, 9.17) is 19.9 Å². The molecule has 3 aromatic rings. The van der Waals surface area contributed by atoms with Crippen molar-refractivity contribution in [1.82, 2.24) is 4.98 Å². The molecule has 1 unspecified atom stereocenters. The number of benzene rings is 2. The molecule has 0 aliphatic rings. The highest BCUT2D eigenvalue weighted by Gasteiger charge is 2.12. The summed E-state index contributed by atoms with van der Waals surface area (Å²) in [6.45, 7) is 6.32. The van der Waals surface area contributed by atoms with Gasteiger partial charge in [0.05, 0.1) is 25.5 Å². The molecule has 1 aromatic heterocycles. The van der Waals surface area contributed by atoms with Crippen LogP contribution in [0.15, 0.2) is 71.1 Å². The maximum absolute atomic E-state index is 11.8. The van der Waals surface area contributed by atoms with Crippen LogP contribution in [0, 0.1) is 0 Å². The van der Waals surface area contributed by atoms with Crippen LogP contribution in [0.1, 0.15) is 48.6 Å². The second-order valence-corrected chi connectivity index (χ2v) is 9.03. The molecule has 184 valence electrons. The Bertz CT molecular complexity index is 1160. The van der Waals surface area contributed by atoms with E-state index in [9.17, 15) is 4.79 Å². The van der Waals surface area contributed by atoms with Gasteiger partial charge in [-0.25, -0.2) is 9.78 Å². The second kappa shape index (κ2) is 12.9. The lowest BCUT2D eigenvalue weighted by Crippen LogP contribution is -2.13. The van der Waals surface area contributed by atoms with Gasteiger partial charge in [-0.15, -0.1) is 11.3 Å².